The number of methoxy groups -OCH3 is 1. The minimum atomic E-state index is -0.605. The number of nitrogens with zero attached hydrogens (tertiary/aromatic N) is 1. The van der Waals surface area contributed by atoms with Crippen LogP contribution in [0.25, 0.3) is 0 Å². The van der Waals surface area contributed by atoms with Gasteiger partial charge in [-0.3, -0.25) is 4.90 Å². The minimum Gasteiger partial charge on any atom is -0.494 e. The first-order chi connectivity index (χ1) is 8.67. The second-order valence-corrected chi connectivity index (χ2v) is 4.45. The van der Waals surface area contributed by atoms with Crippen LogP contribution in [0.2, 0.25) is 0 Å². The second-order valence-electron chi connectivity index (χ2n) is 4.45. The molecular formula is C13H17F2NO2. The fourth-order valence-electron chi connectivity index (χ4n) is 2.42. The maximum atomic E-state index is 13.9. The van der Waals surface area contributed by atoms with E-state index < -0.39 is 17.7 Å². The first kappa shape index (κ1) is 13.2. The van der Waals surface area contributed by atoms with Crippen molar-refractivity contribution in [3.63, 3.8) is 0 Å². The van der Waals surface area contributed by atoms with Gasteiger partial charge in [-0.1, -0.05) is 0 Å². The van der Waals surface area contributed by atoms with Crippen LogP contribution in [-0.4, -0.2) is 36.8 Å². The van der Waals surface area contributed by atoms with Gasteiger partial charge < -0.3 is 9.84 Å². The van der Waals surface area contributed by atoms with Crippen LogP contribution in [0.5, 0.6) is 5.75 Å². The number of hydrogen-bond acceptors (Lipinski definition) is 3. The number of ether oxygens (including phenoxy) is 1. The Kier molecular flexibility index (Phi) is 4.14. The average Bonchev–Trinajstić information content (AvgIpc) is 2.87. The summed E-state index contributed by atoms with van der Waals surface area (Å²) in [6, 6.07) is 1.67. The van der Waals surface area contributed by atoms with E-state index in [1.165, 1.54) is 7.11 Å². The Morgan fingerprint density at radius 1 is 1.28 bits per heavy atom. The van der Waals surface area contributed by atoms with Crippen LogP contribution in [0, 0.1) is 11.6 Å². The van der Waals surface area contributed by atoms with E-state index in [1.54, 1.807) is 0 Å². The maximum Gasteiger partial charge on any atom is 0.165 e. The van der Waals surface area contributed by atoms with Crippen molar-refractivity contribution in [1.82, 2.24) is 4.90 Å². The van der Waals surface area contributed by atoms with Crippen molar-refractivity contribution in [3.05, 3.63) is 29.3 Å². The summed E-state index contributed by atoms with van der Waals surface area (Å²) in [5.74, 6) is -1.26. The largest absolute Gasteiger partial charge is 0.494 e. The summed E-state index contributed by atoms with van der Waals surface area (Å²) in [6.45, 7) is 1.39. The molecule has 1 fully saturated rings. The molecule has 0 radical (unpaired) electrons. The highest BCUT2D eigenvalue weighted by Gasteiger charge is 2.26. The number of likely N-dealkylation sites (tertiary alicyclic amines) is 1. The normalized spacial score (nSPS) is 18.0. The molecule has 0 amide bonds. The number of aliphatic hydroxyl groups is 1. The van der Waals surface area contributed by atoms with Crippen molar-refractivity contribution in [2.24, 2.45) is 0 Å². The van der Waals surface area contributed by atoms with E-state index in [2.05, 4.69) is 0 Å². The third-order valence-electron chi connectivity index (χ3n) is 3.38. The van der Waals surface area contributed by atoms with E-state index >= 15 is 0 Å². The molecule has 1 aromatic carbocycles. The van der Waals surface area contributed by atoms with Gasteiger partial charge in [-0.25, -0.2) is 8.78 Å². The molecule has 1 aromatic rings. The molecule has 0 bridgehead atoms. The van der Waals surface area contributed by atoms with Gasteiger partial charge in [0.15, 0.2) is 11.6 Å². The van der Waals surface area contributed by atoms with Gasteiger partial charge in [-0.05, 0) is 32.0 Å². The molecule has 3 nitrogen and oxygen atoms in total. The van der Waals surface area contributed by atoms with E-state index in [4.69, 9.17) is 4.74 Å². The van der Waals surface area contributed by atoms with E-state index in [1.807, 2.05) is 4.90 Å². The van der Waals surface area contributed by atoms with E-state index in [-0.39, 0.29) is 17.9 Å². The van der Waals surface area contributed by atoms with Gasteiger partial charge in [-0.15, -0.1) is 0 Å². The van der Waals surface area contributed by atoms with Gasteiger partial charge >= 0.3 is 0 Å². The zero-order valence-corrected chi connectivity index (χ0v) is 10.3. The average molecular weight is 257 g/mol. The lowest BCUT2D eigenvalue weighted by atomic mass is 10.0. The fraction of sp³-hybridized carbons (Fsp3) is 0.538. The van der Waals surface area contributed by atoms with Gasteiger partial charge in [0.25, 0.3) is 0 Å². The summed E-state index contributed by atoms with van der Waals surface area (Å²) < 4.78 is 32.3. The SMILES string of the molecule is COc1cc(F)c(C(CO)N2CCCC2)cc1F. The summed E-state index contributed by atoms with van der Waals surface area (Å²) in [4.78, 5) is 1.98. The van der Waals surface area contributed by atoms with Crippen molar-refractivity contribution < 1.29 is 18.6 Å². The van der Waals surface area contributed by atoms with Crippen LogP contribution in [0.3, 0.4) is 0 Å². The summed E-state index contributed by atoms with van der Waals surface area (Å²) in [6.07, 6.45) is 2.05. The Labute approximate surface area is 105 Å². The number of aliphatic hydroxyl groups excluding tert-OH is 1. The first-order valence-corrected chi connectivity index (χ1v) is 6.05. The van der Waals surface area contributed by atoms with Crippen molar-refractivity contribution in [2.45, 2.75) is 18.9 Å². The lowest BCUT2D eigenvalue weighted by Gasteiger charge is -2.26. The predicted octanol–water partition coefficient (Wildman–Crippen LogP) is 2.10. The third-order valence-corrected chi connectivity index (χ3v) is 3.38. The van der Waals surface area contributed by atoms with Crippen molar-refractivity contribution in [1.29, 1.82) is 0 Å². The van der Waals surface area contributed by atoms with Gasteiger partial charge in [-0.2, -0.15) is 0 Å². The van der Waals surface area contributed by atoms with Crippen LogP contribution >= 0.6 is 0 Å². The Balaban J connectivity index is 2.32. The Hall–Kier alpha value is -1.20. The zero-order chi connectivity index (χ0) is 13.1. The molecule has 0 spiro atoms. The molecule has 1 saturated heterocycles. The second kappa shape index (κ2) is 5.63. The molecule has 18 heavy (non-hydrogen) atoms. The molecule has 1 N–H and O–H groups in total. The molecule has 0 aromatic heterocycles. The minimum absolute atomic E-state index is 0.116. The molecule has 1 aliphatic heterocycles. The van der Waals surface area contributed by atoms with Crippen LogP contribution in [0.4, 0.5) is 8.78 Å². The monoisotopic (exact) mass is 257 g/mol. The van der Waals surface area contributed by atoms with Crippen molar-refractivity contribution >= 4 is 0 Å². The predicted molar refractivity (Wildman–Crippen MR) is 63.5 cm³/mol. The van der Waals surface area contributed by atoms with Crippen LogP contribution in [-0.2, 0) is 0 Å². The third kappa shape index (κ3) is 2.47. The molecule has 5 heteroatoms. The molecule has 1 atom stereocenters. The lowest BCUT2D eigenvalue weighted by Crippen LogP contribution is -2.29. The molecule has 0 saturated carbocycles. The summed E-state index contributed by atoms with van der Waals surface area (Å²) in [7, 11) is 1.29. The molecular weight excluding hydrogens is 240 g/mol. The van der Waals surface area contributed by atoms with Gasteiger partial charge in [0.1, 0.15) is 5.82 Å². The Bertz CT molecular complexity index is 420. The molecule has 100 valence electrons. The first-order valence-electron chi connectivity index (χ1n) is 6.05. The van der Waals surface area contributed by atoms with Crippen LogP contribution < -0.4 is 4.74 Å². The number of rotatable bonds is 4. The molecule has 1 unspecified atom stereocenters. The Morgan fingerprint density at radius 2 is 1.94 bits per heavy atom. The molecule has 0 aliphatic carbocycles. The summed E-state index contributed by atoms with van der Waals surface area (Å²) in [5, 5.41) is 9.42. The summed E-state index contributed by atoms with van der Waals surface area (Å²) >= 11 is 0. The van der Waals surface area contributed by atoms with Gasteiger partial charge in [0.2, 0.25) is 0 Å². The number of halogens is 2. The van der Waals surface area contributed by atoms with E-state index in [0.717, 1.165) is 38.1 Å². The summed E-state index contributed by atoms with van der Waals surface area (Å²) in [5.41, 5.74) is 0.192. The number of benzene rings is 1. The van der Waals surface area contributed by atoms with E-state index in [9.17, 15) is 13.9 Å². The van der Waals surface area contributed by atoms with Gasteiger partial charge in [0, 0.05) is 11.6 Å². The maximum absolute atomic E-state index is 13.9. The Morgan fingerprint density at radius 3 is 2.50 bits per heavy atom. The zero-order valence-electron chi connectivity index (χ0n) is 10.3. The van der Waals surface area contributed by atoms with E-state index in [0.29, 0.717) is 0 Å². The van der Waals surface area contributed by atoms with Crippen molar-refractivity contribution in [3.8, 4) is 5.75 Å². The lowest BCUT2D eigenvalue weighted by molar-refractivity contribution is 0.143. The van der Waals surface area contributed by atoms with Crippen molar-refractivity contribution in [2.75, 3.05) is 26.8 Å². The van der Waals surface area contributed by atoms with Crippen LogP contribution in [0.15, 0.2) is 12.1 Å². The fourth-order valence-corrected chi connectivity index (χ4v) is 2.42. The highest BCUT2D eigenvalue weighted by molar-refractivity contribution is 5.32. The molecule has 1 heterocycles. The molecule has 1 aliphatic rings. The number of hydrogen-bond donors (Lipinski definition) is 1. The van der Waals surface area contributed by atoms with Crippen LogP contribution in [0.1, 0.15) is 24.4 Å². The van der Waals surface area contributed by atoms with Gasteiger partial charge in [0.05, 0.1) is 19.8 Å². The topological polar surface area (TPSA) is 32.7 Å². The standard InChI is InChI=1S/C13H17F2NO2/c1-18-13-7-10(14)9(6-11(13)15)12(8-17)16-4-2-3-5-16/h6-7,12,17H,2-5,8H2,1H3. The smallest absolute Gasteiger partial charge is 0.165 e. The molecule has 2 rings (SSSR count). The highest BCUT2D eigenvalue weighted by atomic mass is 19.1. The quantitative estimate of drug-likeness (QED) is 0.896. The highest BCUT2D eigenvalue weighted by Crippen LogP contribution is 2.30.